The number of benzene rings is 1. The standard InChI is InChI=1S/C23H21BrF2N4O2/c24-17-19(22(25)26)29-30-20(11-5-6-11)14(10-27-23(17)30)21(31)18-15(28-18)9-12-7-8-32-16-4-2-1-3-13(12)16/h1-4,10-12,15,18,22,28H,5-9H2/t12-,15?,18?/m1/s1. The van der Waals surface area contributed by atoms with Crippen LogP contribution in [0.25, 0.3) is 5.65 Å². The molecule has 6 rings (SSSR count). The second-order valence-corrected chi connectivity index (χ2v) is 9.58. The summed E-state index contributed by atoms with van der Waals surface area (Å²) in [7, 11) is 0. The van der Waals surface area contributed by atoms with Gasteiger partial charge in [0.25, 0.3) is 6.43 Å². The molecule has 2 aliphatic heterocycles. The van der Waals surface area contributed by atoms with Crippen LogP contribution in [0.5, 0.6) is 5.75 Å². The van der Waals surface area contributed by atoms with E-state index in [-0.39, 0.29) is 34.0 Å². The first-order valence-electron chi connectivity index (χ1n) is 10.9. The van der Waals surface area contributed by atoms with Gasteiger partial charge >= 0.3 is 0 Å². The van der Waals surface area contributed by atoms with Crippen molar-refractivity contribution in [2.24, 2.45) is 0 Å². The van der Waals surface area contributed by atoms with Crippen LogP contribution in [0.2, 0.25) is 0 Å². The molecular formula is C23H21BrF2N4O2. The molecule has 2 aromatic heterocycles. The van der Waals surface area contributed by atoms with Crippen molar-refractivity contribution < 1.29 is 18.3 Å². The number of aromatic nitrogens is 3. The van der Waals surface area contributed by atoms with Crippen molar-refractivity contribution in [2.75, 3.05) is 6.61 Å². The van der Waals surface area contributed by atoms with Crippen LogP contribution in [0, 0.1) is 0 Å². The molecule has 1 N–H and O–H groups in total. The lowest BCUT2D eigenvalue weighted by molar-refractivity contribution is 0.0985. The molecule has 9 heteroatoms. The molecule has 0 amide bonds. The molecule has 3 aliphatic rings. The van der Waals surface area contributed by atoms with Gasteiger partial charge < -0.3 is 10.1 Å². The van der Waals surface area contributed by atoms with Crippen LogP contribution in [0.15, 0.2) is 34.9 Å². The number of rotatable bonds is 6. The average molecular weight is 503 g/mol. The summed E-state index contributed by atoms with van der Waals surface area (Å²) >= 11 is 3.20. The van der Waals surface area contributed by atoms with E-state index in [1.807, 2.05) is 18.2 Å². The first kappa shape index (κ1) is 20.2. The Kier molecular flexibility index (Phi) is 4.80. The fourth-order valence-electron chi connectivity index (χ4n) is 4.84. The Morgan fingerprint density at radius 2 is 2.09 bits per heavy atom. The van der Waals surface area contributed by atoms with Gasteiger partial charge in [0.1, 0.15) is 11.4 Å². The summed E-state index contributed by atoms with van der Waals surface area (Å²) in [6.45, 7) is 0.681. The van der Waals surface area contributed by atoms with Gasteiger partial charge in [-0.05, 0) is 59.2 Å². The number of nitrogens with zero attached hydrogens (tertiary/aromatic N) is 3. The molecule has 0 radical (unpaired) electrons. The van der Waals surface area contributed by atoms with Gasteiger partial charge in [-0.1, -0.05) is 18.2 Å². The lowest BCUT2D eigenvalue weighted by Gasteiger charge is -2.25. The number of hydrogen-bond acceptors (Lipinski definition) is 5. The average Bonchev–Trinajstić information content (AvgIpc) is 3.72. The molecule has 4 heterocycles. The maximum absolute atomic E-state index is 13.4. The van der Waals surface area contributed by atoms with Gasteiger partial charge in [0.15, 0.2) is 11.4 Å². The van der Waals surface area contributed by atoms with E-state index in [9.17, 15) is 13.6 Å². The third-order valence-electron chi connectivity index (χ3n) is 6.68. The molecule has 1 saturated carbocycles. The monoisotopic (exact) mass is 502 g/mol. The van der Waals surface area contributed by atoms with Crippen molar-refractivity contribution in [1.82, 2.24) is 19.9 Å². The topological polar surface area (TPSA) is 78.4 Å². The van der Waals surface area contributed by atoms with Crippen LogP contribution >= 0.6 is 15.9 Å². The number of fused-ring (bicyclic) bond motifs is 2. The van der Waals surface area contributed by atoms with Crippen molar-refractivity contribution in [3.8, 4) is 5.75 Å². The lowest BCUT2D eigenvalue weighted by Crippen LogP contribution is -2.19. The van der Waals surface area contributed by atoms with Gasteiger partial charge in [-0.15, -0.1) is 0 Å². The van der Waals surface area contributed by atoms with E-state index in [2.05, 4.69) is 37.4 Å². The summed E-state index contributed by atoms with van der Waals surface area (Å²) in [5.74, 6) is 1.39. The summed E-state index contributed by atoms with van der Waals surface area (Å²) in [4.78, 5) is 17.7. The van der Waals surface area contributed by atoms with Crippen molar-refractivity contribution in [3.63, 3.8) is 0 Å². The molecule has 3 atom stereocenters. The van der Waals surface area contributed by atoms with Gasteiger partial charge in [-0.3, -0.25) is 4.79 Å². The molecule has 0 spiro atoms. The van der Waals surface area contributed by atoms with Crippen molar-refractivity contribution in [3.05, 3.63) is 57.4 Å². The molecule has 3 aromatic rings. The zero-order valence-electron chi connectivity index (χ0n) is 17.1. The molecular weight excluding hydrogens is 482 g/mol. The van der Waals surface area contributed by atoms with E-state index >= 15 is 0 Å². The molecule has 2 fully saturated rings. The van der Waals surface area contributed by atoms with Gasteiger partial charge in [-0.25, -0.2) is 18.3 Å². The second-order valence-electron chi connectivity index (χ2n) is 8.79. The van der Waals surface area contributed by atoms with E-state index in [0.29, 0.717) is 29.4 Å². The minimum absolute atomic E-state index is 0.0307. The quantitative estimate of drug-likeness (QED) is 0.387. The van der Waals surface area contributed by atoms with Crippen molar-refractivity contribution in [1.29, 1.82) is 0 Å². The molecule has 6 nitrogen and oxygen atoms in total. The Balaban J connectivity index is 1.27. The van der Waals surface area contributed by atoms with Crippen LogP contribution in [-0.4, -0.2) is 39.1 Å². The van der Waals surface area contributed by atoms with Gasteiger partial charge in [0.05, 0.1) is 28.4 Å². The highest BCUT2D eigenvalue weighted by atomic mass is 79.9. The van der Waals surface area contributed by atoms with Crippen LogP contribution in [0.4, 0.5) is 8.78 Å². The molecule has 32 heavy (non-hydrogen) atoms. The van der Waals surface area contributed by atoms with Crippen LogP contribution < -0.4 is 10.1 Å². The minimum Gasteiger partial charge on any atom is -0.493 e. The van der Waals surface area contributed by atoms with E-state index < -0.39 is 6.43 Å². The van der Waals surface area contributed by atoms with E-state index in [0.717, 1.165) is 31.4 Å². The molecule has 0 bridgehead atoms. The normalized spacial score (nSPS) is 24.4. The third kappa shape index (κ3) is 3.33. The Labute approximate surface area is 191 Å². The van der Waals surface area contributed by atoms with Crippen LogP contribution in [0.3, 0.4) is 0 Å². The fourth-order valence-corrected chi connectivity index (χ4v) is 5.37. The Bertz CT molecular complexity index is 1230. The summed E-state index contributed by atoms with van der Waals surface area (Å²) in [5, 5.41) is 7.44. The first-order valence-corrected chi connectivity index (χ1v) is 11.7. The number of ketones is 1. The highest BCUT2D eigenvalue weighted by molar-refractivity contribution is 9.10. The maximum Gasteiger partial charge on any atom is 0.283 e. The SMILES string of the molecule is O=C(c1cnc2c(Br)c(C(F)F)nn2c1C1CC1)C1NC1C[C@H]1CCOc2ccccc21. The number of nitrogens with one attached hydrogen (secondary N) is 1. The van der Waals surface area contributed by atoms with E-state index in [4.69, 9.17) is 4.74 Å². The molecule has 2 unspecified atom stereocenters. The predicted molar refractivity (Wildman–Crippen MR) is 117 cm³/mol. The lowest BCUT2D eigenvalue weighted by atomic mass is 9.88. The van der Waals surface area contributed by atoms with Crippen molar-refractivity contribution in [2.45, 2.75) is 56.0 Å². The van der Waals surface area contributed by atoms with Gasteiger partial charge in [-0.2, -0.15) is 5.10 Å². The first-order chi connectivity index (χ1) is 15.5. The zero-order chi connectivity index (χ0) is 22.0. The zero-order valence-corrected chi connectivity index (χ0v) is 18.7. The maximum atomic E-state index is 13.4. The summed E-state index contributed by atoms with van der Waals surface area (Å²) in [6, 6.07) is 7.87. The summed E-state index contributed by atoms with van der Waals surface area (Å²) < 4.78 is 34.1. The van der Waals surface area contributed by atoms with Crippen LogP contribution in [-0.2, 0) is 0 Å². The number of carbonyl (C=O) groups is 1. The highest BCUT2D eigenvalue weighted by Gasteiger charge is 2.46. The predicted octanol–water partition coefficient (Wildman–Crippen LogP) is 4.79. The van der Waals surface area contributed by atoms with Crippen LogP contribution in [0.1, 0.15) is 71.3 Å². The second kappa shape index (κ2) is 7.59. The number of halogens is 3. The Morgan fingerprint density at radius 1 is 1.28 bits per heavy atom. The fraction of sp³-hybridized carbons (Fsp3) is 0.435. The molecule has 1 aliphatic carbocycles. The number of Topliss-reactive ketones (excluding diaryl/α,β-unsaturated/α-hetero) is 1. The highest BCUT2D eigenvalue weighted by Crippen LogP contribution is 2.44. The molecule has 1 saturated heterocycles. The number of carbonyl (C=O) groups excluding carboxylic acids is 1. The molecule has 1 aromatic carbocycles. The summed E-state index contributed by atoms with van der Waals surface area (Å²) in [5.41, 5.74) is 2.38. The van der Waals surface area contributed by atoms with E-state index in [1.54, 1.807) is 0 Å². The number of hydrogen-bond donors (Lipinski definition) is 1. The Hall–Kier alpha value is -2.39. The van der Waals surface area contributed by atoms with Crippen molar-refractivity contribution >= 4 is 27.4 Å². The smallest absolute Gasteiger partial charge is 0.283 e. The number of ether oxygens (including phenoxy) is 1. The number of alkyl halides is 2. The van der Waals surface area contributed by atoms with Gasteiger partial charge in [0.2, 0.25) is 0 Å². The number of para-hydroxylation sites is 1. The molecule has 166 valence electrons. The van der Waals surface area contributed by atoms with Gasteiger partial charge in [0, 0.05) is 18.2 Å². The third-order valence-corrected chi connectivity index (χ3v) is 7.44. The summed E-state index contributed by atoms with van der Waals surface area (Å²) in [6.07, 6.45) is 2.44. The van der Waals surface area contributed by atoms with E-state index in [1.165, 1.54) is 16.3 Å². The largest absolute Gasteiger partial charge is 0.493 e. The Morgan fingerprint density at radius 3 is 2.88 bits per heavy atom. The minimum atomic E-state index is -2.71.